The molecule has 142 valence electrons. The van der Waals surface area contributed by atoms with E-state index in [1.54, 1.807) is 30.3 Å². The van der Waals surface area contributed by atoms with Gasteiger partial charge in [-0.1, -0.05) is 6.92 Å². The summed E-state index contributed by atoms with van der Waals surface area (Å²) in [6.45, 7) is 2.15. The van der Waals surface area contributed by atoms with Gasteiger partial charge in [-0.25, -0.2) is 9.50 Å². The number of amides is 2. The number of nitriles is 1. The van der Waals surface area contributed by atoms with Crippen LogP contribution >= 0.6 is 0 Å². The number of carbonyl (C=O) groups is 2. The number of fused-ring (bicyclic) bond motifs is 1. The molecule has 1 aliphatic rings. The molecule has 27 heavy (non-hydrogen) atoms. The Morgan fingerprint density at radius 3 is 3.04 bits per heavy atom. The summed E-state index contributed by atoms with van der Waals surface area (Å²) in [5, 5.41) is 26.1. The van der Waals surface area contributed by atoms with Gasteiger partial charge in [0.15, 0.2) is 5.65 Å². The number of aliphatic hydroxyl groups is 1. The molecule has 9 heteroatoms. The molecule has 9 nitrogen and oxygen atoms in total. The number of aliphatic hydroxyl groups excluding tert-OH is 1. The van der Waals surface area contributed by atoms with Crippen LogP contribution in [0, 0.1) is 17.2 Å². The second-order valence-electron chi connectivity index (χ2n) is 6.79. The Balaban J connectivity index is 1.79. The quantitative estimate of drug-likeness (QED) is 0.783. The average Bonchev–Trinajstić information content (AvgIpc) is 3.13. The van der Waals surface area contributed by atoms with Crippen LogP contribution in [0.4, 0.5) is 0 Å². The molecule has 1 fully saturated rings. The van der Waals surface area contributed by atoms with E-state index in [-0.39, 0.29) is 19.1 Å². The largest absolute Gasteiger partial charge is 0.394 e. The first kappa shape index (κ1) is 18.8. The zero-order chi connectivity index (χ0) is 19.4. The van der Waals surface area contributed by atoms with Crippen molar-refractivity contribution in [3.8, 4) is 6.07 Å². The topological polar surface area (TPSA) is 124 Å². The first-order chi connectivity index (χ1) is 13.0. The van der Waals surface area contributed by atoms with Gasteiger partial charge in [-0.15, -0.1) is 0 Å². The Hall–Kier alpha value is -2.99. The van der Waals surface area contributed by atoms with Crippen LogP contribution < -0.4 is 5.32 Å². The summed E-state index contributed by atoms with van der Waals surface area (Å²) in [4.78, 5) is 31.1. The number of carbonyl (C=O) groups excluding carboxylic acids is 2. The molecule has 0 aromatic carbocycles. The highest BCUT2D eigenvalue weighted by atomic mass is 16.3. The fourth-order valence-electron chi connectivity index (χ4n) is 3.43. The molecular formula is C18H22N6O3. The van der Waals surface area contributed by atoms with Crippen LogP contribution in [0.5, 0.6) is 0 Å². The molecule has 2 aromatic rings. The fraction of sp³-hybridized carbons (Fsp3) is 0.500. The Morgan fingerprint density at radius 1 is 1.52 bits per heavy atom. The van der Waals surface area contributed by atoms with Crippen molar-refractivity contribution < 1.29 is 14.7 Å². The maximum Gasteiger partial charge on any atom is 0.257 e. The molecule has 2 N–H and O–H groups in total. The van der Waals surface area contributed by atoms with Crippen molar-refractivity contribution in [2.24, 2.45) is 5.92 Å². The molecule has 3 heterocycles. The lowest BCUT2D eigenvalue weighted by atomic mass is 9.88. The van der Waals surface area contributed by atoms with Crippen molar-refractivity contribution >= 4 is 17.5 Å². The normalized spacial score (nSPS) is 20.9. The number of aromatic nitrogens is 3. The highest BCUT2D eigenvalue weighted by Crippen LogP contribution is 2.24. The first-order valence-corrected chi connectivity index (χ1v) is 8.93. The second kappa shape index (κ2) is 7.72. The van der Waals surface area contributed by atoms with E-state index in [0.29, 0.717) is 37.0 Å². The number of piperidine rings is 1. The first-order valence-electron chi connectivity index (χ1n) is 8.93. The molecule has 1 saturated heterocycles. The molecule has 0 spiro atoms. The molecule has 2 amide bonds. The van der Waals surface area contributed by atoms with Gasteiger partial charge in [0.2, 0.25) is 5.91 Å². The second-order valence-corrected chi connectivity index (χ2v) is 6.79. The van der Waals surface area contributed by atoms with Gasteiger partial charge in [0.05, 0.1) is 24.4 Å². The zero-order valence-electron chi connectivity index (χ0n) is 15.1. The molecule has 0 bridgehead atoms. The Morgan fingerprint density at radius 2 is 2.33 bits per heavy atom. The third-order valence-corrected chi connectivity index (χ3v) is 4.96. The number of rotatable bonds is 5. The van der Waals surface area contributed by atoms with Crippen molar-refractivity contribution in [2.75, 3.05) is 19.7 Å². The van der Waals surface area contributed by atoms with Gasteiger partial charge in [0, 0.05) is 25.5 Å². The summed E-state index contributed by atoms with van der Waals surface area (Å²) < 4.78 is 1.50. The van der Waals surface area contributed by atoms with Crippen molar-refractivity contribution in [1.29, 1.82) is 5.26 Å². The van der Waals surface area contributed by atoms with Crippen molar-refractivity contribution in [3.63, 3.8) is 0 Å². The zero-order valence-corrected chi connectivity index (χ0v) is 15.1. The molecule has 3 rings (SSSR count). The SMILES string of the molecule is CCC(C#N)C(=O)N1CCCC(CO)(NC(=O)c2cnn3cccnc23)C1. The molecule has 0 aliphatic carbocycles. The van der Waals surface area contributed by atoms with E-state index in [2.05, 4.69) is 15.4 Å². The number of likely N-dealkylation sites (tertiary alicyclic amines) is 1. The van der Waals surface area contributed by atoms with Gasteiger partial charge >= 0.3 is 0 Å². The molecule has 2 aromatic heterocycles. The Kier molecular flexibility index (Phi) is 5.37. The summed E-state index contributed by atoms with van der Waals surface area (Å²) in [7, 11) is 0. The van der Waals surface area contributed by atoms with E-state index in [1.807, 2.05) is 6.07 Å². The molecular weight excluding hydrogens is 348 g/mol. The van der Waals surface area contributed by atoms with E-state index in [4.69, 9.17) is 5.26 Å². The van der Waals surface area contributed by atoms with Crippen LogP contribution in [0.3, 0.4) is 0 Å². The highest BCUT2D eigenvalue weighted by molar-refractivity contribution is 6.00. The van der Waals surface area contributed by atoms with Gasteiger partial charge in [-0.3, -0.25) is 9.59 Å². The lowest BCUT2D eigenvalue weighted by Gasteiger charge is -2.42. The van der Waals surface area contributed by atoms with Gasteiger partial charge < -0.3 is 15.3 Å². The monoisotopic (exact) mass is 370 g/mol. The Bertz CT molecular complexity index is 889. The van der Waals surface area contributed by atoms with Crippen molar-refractivity contribution in [1.82, 2.24) is 24.8 Å². The van der Waals surface area contributed by atoms with Crippen molar-refractivity contribution in [2.45, 2.75) is 31.7 Å². The fourth-order valence-corrected chi connectivity index (χ4v) is 3.43. The number of hydrogen-bond acceptors (Lipinski definition) is 6. The van der Waals surface area contributed by atoms with E-state index in [0.717, 1.165) is 0 Å². The third kappa shape index (κ3) is 3.61. The minimum Gasteiger partial charge on any atom is -0.394 e. The Labute approximate surface area is 156 Å². The number of nitrogens with one attached hydrogen (secondary N) is 1. The van der Waals surface area contributed by atoms with Crippen LogP contribution in [0.2, 0.25) is 0 Å². The molecule has 2 atom stereocenters. The summed E-state index contributed by atoms with van der Waals surface area (Å²) in [5.41, 5.74) is -0.236. The number of hydrogen-bond donors (Lipinski definition) is 2. The minimum absolute atomic E-state index is 0.166. The molecule has 1 aliphatic heterocycles. The van der Waals surface area contributed by atoms with Crippen LogP contribution in [-0.4, -0.2) is 61.7 Å². The highest BCUT2D eigenvalue weighted by Gasteiger charge is 2.39. The van der Waals surface area contributed by atoms with E-state index in [1.165, 1.54) is 10.7 Å². The third-order valence-electron chi connectivity index (χ3n) is 4.96. The summed E-state index contributed by atoms with van der Waals surface area (Å²) >= 11 is 0. The smallest absolute Gasteiger partial charge is 0.257 e. The lowest BCUT2D eigenvalue weighted by molar-refractivity contribution is -0.136. The van der Waals surface area contributed by atoms with Gasteiger partial charge in [0.25, 0.3) is 5.91 Å². The van der Waals surface area contributed by atoms with Gasteiger partial charge in [-0.05, 0) is 25.3 Å². The summed E-state index contributed by atoms with van der Waals surface area (Å²) in [6.07, 6.45) is 6.28. The minimum atomic E-state index is -0.957. The molecule has 2 unspecified atom stereocenters. The standard InChI is InChI=1S/C18H22N6O3/c1-2-13(9-19)17(27)23-7-3-5-18(11-23,12-25)22-16(26)14-10-21-24-8-4-6-20-15(14)24/h4,6,8,10,13,25H,2-3,5,7,11-12H2,1H3,(H,22,26). The summed E-state index contributed by atoms with van der Waals surface area (Å²) in [6, 6.07) is 3.73. The van der Waals surface area contributed by atoms with Gasteiger partial charge in [0.1, 0.15) is 11.5 Å². The van der Waals surface area contributed by atoms with Crippen molar-refractivity contribution in [3.05, 3.63) is 30.2 Å². The van der Waals surface area contributed by atoms with E-state index < -0.39 is 17.4 Å². The van der Waals surface area contributed by atoms with Crippen LogP contribution in [-0.2, 0) is 4.79 Å². The molecule has 0 radical (unpaired) electrons. The lowest BCUT2D eigenvalue weighted by Crippen LogP contribution is -2.62. The maximum atomic E-state index is 12.8. The number of nitrogens with zero attached hydrogens (tertiary/aromatic N) is 5. The van der Waals surface area contributed by atoms with Crippen LogP contribution in [0.15, 0.2) is 24.7 Å². The van der Waals surface area contributed by atoms with Crippen LogP contribution in [0.1, 0.15) is 36.5 Å². The average molecular weight is 370 g/mol. The van der Waals surface area contributed by atoms with E-state index in [9.17, 15) is 14.7 Å². The van der Waals surface area contributed by atoms with Crippen LogP contribution in [0.25, 0.3) is 5.65 Å². The predicted octanol–water partition coefficient (Wildman–Crippen LogP) is 0.362. The van der Waals surface area contributed by atoms with Gasteiger partial charge in [-0.2, -0.15) is 10.4 Å². The summed E-state index contributed by atoms with van der Waals surface area (Å²) in [5.74, 6) is -1.37. The van der Waals surface area contributed by atoms with E-state index >= 15 is 0 Å². The molecule has 0 saturated carbocycles. The predicted molar refractivity (Wildman–Crippen MR) is 95.5 cm³/mol. The maximum absolute atomic E-state index is 12.8.